The van der Waals surface area contributed by atoms with Gasteiger partial charge in [-0.3, -0.25) is 9.36 Å². The number of nitrogens with one attached hydrogen (secondary N) is 1. The summed E-state index contributed by atoms with van der Waals surface area (Å²) >= 11 is 0. The number of amides is 1. The van der Waals surface area contributed by atoms with E-state index in [4.69, 9.17) is 20.4 Å². The summed E-state index contributed by atoms with van der Waals surface area (Å²) in [5, 5.41) is 3.12. The third-order valence-electron chi connectivity index (χ3n) is 6.22. The highest BCUT2D eigenvalue weighted by atomic mass is 16.5. The number of carbonyl (C=O) groups is 1. The maximum absolute atomic E-state index is 13.5. The molecule has 0 radical (unpaired) electrons. The van der Waals surface area contributed by atoms with Crippen LogP contribution in [0, 0.1) is 0 Å². The topological polar surface area (TPSA) is 95.1 Å². The molecule has 0 aliphatic heterocycles. The monoisotopic (exact) mass is 479 g/mol. The third-order valence-corrected chi connectivity index (χ3v) is 6.22. The van der Waals surface area contributed by atoms with Gasteiger partial charge in [-0.25, -0.2) is 9.97 Å². The second-order valence-corrected chi connectivity index (χ2v) is 8.81. The molecule has 7 heteroatoms. The van der Waals surface area contributed by atoms with Gasteiger partial charge in [0.15, 0.2) is 5.65 Å². The van der Waals surface area contributed by atoms with Crippen LogP contribution in [-0.4, -0.2) is 33.1 Å². The summed E-state index contributed by atoms with van der Waals surface area (Å²) in [6.45, 7) is 4.53. The zero-order valence-electron chi connectivity index (χ0n) is 20.4. The van der Waals surface area contributed by atoms with Crippen molar-refractivity contribution in [1.82, 2.24) is 19.9 Å². The van der Waals surface area contributed by atoms with Crippen molar-refractivity contribution < 1.29 is 9.53 Å². The summed E-state index contributed by atoms with van der Waals surface area (Å²) in [6.07, 6.45) is 1.68. The third kappa shape index (κ3) is 4.60. The standard InChI is InChI=1S/C29H29N5O2/c1-3-36-22-17-15-21(16-18-22)34-27(30)25(26-28(34)33-24-12-8-7-11-23(24)32-26)29(35)31-19(2)13-14-20-9-5-4-6-10-20/h4-12,15-19H,3,13-14,30H2,1-2H3,(H,31,35)/t19-/m0/s1. The van der Waals surface area contributed by atoms with Crippen molar-refractivity contribution in [2.75, 3.05) is 12.3 Å². The van der Waals surface area contributed by atoms with E-state index in [0.717, 1.165) is 29.8 Å². The van der Waals surface area contributed by atoms with Crippen molar-refractivity contribution in [3.63, 3.8) is 0 Å². The number of hydrogen-bond donors (Lipinski definition) is 2. The number of nitrogens with zero attached hydrogens (tertiary/aromatic N) is 3. The molecule has 0 fully saturated rings. The molecule has 5 aromatic rings. The van der Waals surface area contributed by atoms with Gasteiger partial charge < -0.3 is 15.8 Å². The van der Waals surface area contributed by atoms with E-state index < -0.39 is 0 Å². The van der Waals surface area contributed by atoms with Crippen LogP contribution in [0.2, 0.25) is 0 Å². The second kappa shape index (κ2) is 10.1. The predicted octanol–water partition coefficient (Wildman–Crippen LogP) is 5.31. The number of nitrogen functional groups attached to an aromatic ring is 1. The van der Waals surface area contributed by atoms with Gasteiger partial charge in [0.25, 0.3) is 5.91 Å². The van der Waals surface area contributed by atoms with Crippen LogP contribution < -0.4 is 15.8 Å². The quantitative estimate of drug-likeness (QED) is 0.315. The molecule has 0 aliphatic carbocycles. The SMILES string of the molecule is CCOc1ccc(-n2c(N)c(C(=O)N[C@@H](C)CCc3ccccc3)c3nc4ccccc4nc32)cc1. The normalized spacial score (nSPS) is 12.1. The molecular weight excluding hydrogens is 450 g/mol. The van der Waals surface area contributed by atoms with Crippen LogP contribution in [-0.2, 0) is 6.42 Å². The molecule has 1 atom stereocenters. The highest BCUT2D eigenvalue weighted by Gasteiger charge is 2.25. The average Bonchev–Trinajstić information content (AvgIpc) is 3.18. The van der Waals surface area contributed by atoms with E-state index in [1.807, 2.05) is 80.6 Å². The van der Waals surface area contributed by atoms with Crippen molar-refractivity contribution in [2.24, 2.45) is 0 Å². The number of aromatic nitrogens is 3. The van der Waals surface area contributed by atoms with Gasteiger partial charge in [0.05, 0.1) is 17.6 Å². The Morgan fingerprint density at radius 2 is 1.64 bits per heavy atom. The molecule has 0 aliphatic rings. The number of fused-ring (bicyclic) bond motifs is 2. The first-order valence-corrected chi connectivity index (χ1v) is 12.2. The van der Waals surface area contributed by atoms with Crippen LogP contribution in [0.1, 0.15) is 36.2 Å². The van der Waals surface area contributed by atoms with E-state index in [9.17, 15) is 4.79 Å². The van der Waals surface area contributed by atoms with Crippen molar-refractivity contribution in [1.29, 1.82) is 0 Å². The van der Waals surface area contributed by atoms with Gasteiger partial charge in [0.2, 0.25) is 0 Å². The fourth-order valence-electron chi connectivity index (χ4n) is 4.40. The van der Waals surface area contributed by atoms with E-state index in [1.165, 1.54) is 5.56 Å². The zero-order chi connectivity index (χ0) is 25.1. The molecule has 3 N–H and O–H groups in total. The number of para-hydroxylation sites is 2. The van der Waals surface area contributed by atoms with Gasteiger partial charge in [-0.2, -0.15) is 0 Å². The first kappa shape index (κ1) is 23.4. The summed E-state index contributed by atoms with van der Waals surface area (Å²) in [6, 6.07) is 25.4. The summed E-state index contributed by atoms with van der Waals surface area (Å²) < 4.78 is 7.37. The fourth-order valence-corrected chi connectivity index (χ4v) is 4.40. The first-order chi connectivity index (χ1) is 17.5. The fraction of sp³-hybridized carbons (Fsp3) is 0.207. The Morgan fingerprint density at radius 1 is 0.972 bits per heavy atom. The summed E-state index contributed by atoms with van der Waals surface area (Å²) in [7, 11) is 0. The van der Waals surface area contributed by atoms with Crippen LogP contribution in [0.15, 0.2) is 78.9 Å². The smallest absolute Gasteiger partial charge is 0.257 e. The molecule has 0 unspecified atom stereocenters. The Balaban J connectivity index is 1.53. The first-order valence-electron chi connectivity index (χ1n) is 12.2. The van der Waals surface area contributed by atoms with Crippen molar-refractivity contribution >= 4 is 33.9 Å². The number of rotatable bonds is 8. The number of ether oxygens (including phenoxy) is 1. The lowest BCUT2D eigenvalue weighted by Gasteiger charge is -2.14. The molecule has 0 spiro atoms. The van der Waals surface area contributed by atoms with Gasteiger partial charge >= 0.3 is 0 Å². The molecule has 2 heterocycles. The predicted molar refractivity (Wildman–Crippen MR) is 144 cm³/mol. The molecule has 3 aromatic carbocycles. The van der Waals surface area contributed by atoms with E-state index in [-0.39, 0.29) is 11.9 Å². The minimum atomic E-state index is -0.257. The molecule has 182 valence electrons. The minimum Gasteiger partial charge on any atom is -0.494 e. The largest absolute Gasteiger partial charge is 0.494 e. The number of aryl methyl sites for hydroxylation is 1. The van der Waals surface area contributed by atoms with Crippen LogP contribution in [0.4, 0.5) is 5.82 Å². The number of anilines is 1. The van der Waals surface area contributed by atoms with Crippen LogP contribution in [0.3, 0.4) is 0 Å². The molecule has 5 rings (SSSR count). The molecule has 0 saturated carbocycles. The van der Waals surface area contributed by atoms with Gasteiger partial charge in [-0.15, -0.1) is 0 Å². The minimum absolute atomic E-state index is 0.0469. The number of hydrogen-bond acceptors (Lipinski definition) is 5. The van der Waals surface area contributed by atoms with Crippen LogP contribution in [0.5, 0.6) is 5.75 Å². The maximum Gasteiger partial charge on any atom is 0.257 e. The average molecular weight is 480 g/mol. The Bertz CT molecular complexity index is 1510. The molecular formula is C29H29N5O2. The Morgan fingerprint density at radius 3 is 2.33 bits per heavy atom. The van der Waals surface area contributed by atoms with Crippen LogP contribution in [0.25, 0.3) is 27.9 Å². The lowest BCUT2D eigenvalue weighted by Crippen LogP contribution is -2.33. The highest BCUT2D eigenvalue weighted by molar-refractivity contribution is 6.11. The summed E-state index contributed by atoms with van der Waals surface area (Å²) in [5.41, 5.74) is 11.5. The number of carbonyl (C=O) groups excluding carboxylic acids is 1. The maximum atomic E-state index is 13.5. The Kier molecular flexibility index (Phi) is 6.54. The van der Waals surface area contributed by atoms with Crippen molar-refractivity contribution in [2.45, 2.75) is 32.7 Å². The van der Waals surface area contributed by atoms with Crippen molar-refractivity contribution in [3.05, 3.63) is 90.0 Å². The van der Waals surface area contributed by atoms with Gasteiger partial charge in [0.1, 0.15) is 22.6 Å². The molecule has 1 amide bonds. The van der Waals surface area contributed by atoms with E-state index >= 15 is 0 Å². The van der Waals surface area contributed by atoms with E-state index in [0.29, 0.717) is 34.7 Å². The molecule has 36 heavy (non-hydrogen) atoms. The van der Waals surface area contributed by atoms with Crippen LogP contribution >= 0.6 is 0 Å². The lowest BCUT2D eigenvalue weighted by atomic mass is 10.1. The molecule has 2 aromatic heterocycles. The van der Waals surface area contributed by atoms with Gasteiger partial charge in [-0.1, -0.05) is 42.5 Å². The van der Waals surface area contributed by atoms with Crippen molar-refractivity contribution in [3.8, 4) is 11.4 Å². The second-order valence-electron chi connectivity index (χ2n) is 8.81. The number of benzene rings is 3. The molecule has 0 saturated heterocycles. The van der Waals surface area contributed by atoms with Gasteiger partial charge in [0, 0.05) is 11.7 Å². The Labute approximate surface area is 209 Å². The summed E-state index contributed by atoms with van der Waals surface area (Å²) in [4.78, 5) is 23.2. The molecule has 7 nitrogen and oxygen atoms in total. The lowest BCUT2D eigenvalue weighted by molar-refractivity contribution is 0.0941. The molecule has 0 bridgehead atoms. The summed E-state index contributed by atoms with van der Waals surface area (Å²) in [5.74, 6) is 0.808. The van der Waals surface area contributed by atoms with Gasteiger partial charge in [-0.05, 0) is 68.7 Å². The Hall–Kier alpha value is -4.39. The zero-order valence-corrected chi connectivity index (χ0v) is 20.4. The van der Waals surface area contributed by atoms with E-state index in [2.05, 4.69) is 17.4 Å². The highest BCUT2D eigenvalue weighted by Crippen LogP contribution is 2.31. The number of nitrogens with two attached hydrogens (primary N) is 1. The van der Waals surface area contributed by atoms with E-state index in [1.54, 1.807) is 4.57 Å².